The van der Waals surface area contributed by atoms with Gasteiger partial charge in [0, 0.05) is 31.1 Å². The van der Waals surface area contributed by atoms with E-state index in [2.05, 4.69) is 26.0 Å². The lowest BCUT2D eigenvalue weighted by atomic mass is 9.87. The Kier molecular flexibility index (Phi) is 7.39. The number of nitrogens with one attached hydrogen (secondary N) is 2. The molecule has 0 unspecified atom stereocenters. The number of aromatic amines is 2. The Labute approximate surface area is 195 Å². The van der Waals surface area contributed by atoms with Crippen molar-refractivity contribution in [3.63, 3.8) is 0 Å². The Morgan fingerprint density at radius 3 is 2.59 bits per heavy atom. The van der Waals surface area contributed by atoms with E-state index in [1.807, 2.05) is 6.07 Å². The topological polar surface area (TPSA) is 101 Å². The highest BCUT2D eigenvalue weighted by molar-refractivity contribution is 6.00. The summed E-state index contributed by atoms with van der Waals surface area (Å²) in [5.41, 5.74) is 2.17. The molecule has 2 N–H and O–H groups in total. The fraction of sp³-hybridized carbons (Fsp3) is 0.583. The van der Waals surface area contributed by atoms with Crippen molar-refractivity contribution in [1.82, 2.24) is 24.8 Å². The molecule has 1 aliphatic heterocycles. The van der Waals surface area contributed by atoms with Crippen LogP contribution in [0.15, 0.2) is 18.5 Å². The number of hydrogen-bond donors (Lipinski definition) is 2. The van der Waals surface area contributed by atoms with E-state index in [4.69, 9.17) is 5.26 Å². The molecule has 2 fully saturated rings. The van der Waals surface area contributed by atoms with Gasteiger partial charge in [-0.15, -0.1) is 0 Å². The van der Waals surface area contributed by atoms with Gasteiger partial charge in [0.15, 0.2) is 0 Å². The number of hydrogen-bond acceptors (Lipinski definition) is 4. The Hall–Kier alpha value is -3.09. The predicted molar refractivity (Wildman–Crippen MR) is 122 cm³/mol. The van der Waals surface area contributed by atoms with E-state index in [1.165, 1.54) is 37.0 Å². The number of halogens is 3. The number of carbonyl (C=O) groups excluding carboxylic acids is 1. The third-order valence-corrected chi connectivity index (χ3v) is 6.82. The van der Waals surface area contributed by atoms with Gasteiger partial charge in [0.2, 0.25) is 5.91 Å². The highest BCUT2D eigenvalue weighted by Gasteiger charge is 2.41. The van der Waals surface area contributed by atoms with Gasteiger partial charge < -0.3 is 14.9 Å². The molecular weight excluding hydrogens is 445 g/mol. The summed E-state index contributed by atoms with van der Waals surface area (Å²) in [6, 6.07) is 4.10. The molecule has 2 aliphatic rings. The van der Waals surface area contributed by atoms with Crippen LogP contribution in [0.1, 0.15) is 57.2 Å². The molecule has 1 amide bonds. The van der Waals surface area contributed by atoms with Gasteiger partial charge in [-0.25, -0.2) is 9.97 Å². The van der Waals surface area contributed by atoms with Crippen molar-refractivity contribution in [3.05, 3.63) is 24.3 Å². The van der Waals surface area contributed by atoms with E-state index in [0.29, 0.717) is 11.5 Å². The molecule has 0 bridgehead atoms. The molecule has 0 spiro atoms. The second kappa shape index (κ2) is 10.5. The van der Waals surface area contributed by atoms with Crippen LogP contribution in [0.25, 0.3) is 22.1 Å². The smallest absolute Gasteiger partial charge is 0.346 e. The molecular formula is C24H29F3N6O. The SMILES string of the molecule is N#CCC1CCCCC1.O=C(Cc1nc2c(cnc3[nH]ccc32)[nH]1)N1CCC(C(F)(F)F)CC1. The normalized spacial score (nSPS) is 18.0. The van der Waals surface area contributed by atoms with Gasteiger partial charge in [0.1, 0.15) is 17.0 Å². The second-order valence-electron chi connectivity index (χ2n) is 9.18. The van der Waals surface area contributed by atoms with Gasteiger partial charge in [0.05, 0.1) is 30.1 Å². The van der Waals surface area contributed by atoms with Crippen molar-refractivity contribution in [3.8, 4) is 6.07 Å². The van der Waals surface area contributed by atoms with Crippen LogP contribution >= 0.6 is 0 Å². The highest BCUT2D eigenvalue weighted by atomic mass is 19.4. The van der Waals surface area contributed by atoms with Crippen molar-refractivity contribution in [1.29, 1.82) is 5.26 Å². The molecule has 10 heteroatoms. The fourth-order valence-electron chi connectivity index (χ4n) is 4.84. The molecule has 3 aromatic heterocycles. The Morgan fingerprint density at radius 1 is 1.18 bits per heavy atom. The molecule has 0 aromatic carbocycles. The molecule has 34 heavy (non-hydrogen) atoms. The van der Waals surface area contributed by atoms with Crippen LogP contribution in [-0.4, -0.2) is 50.0 Å². The summed E-state index contributed by atoms with van der Waals surface area (Å²) in [7, 11) is 0. The number of aromatic nitrogens is 4. The lowest BCUT2D eigenvalue weighted by Gasteiger charge is -2.32. The lowest BCUT2D eigenvalue weighted by Crippen LogP contribution is -2.42. The first-order valence-electron chi connectivity index (χ1n) is 11.9. The van der Waals surface area contributed by atoms with Crippen molar-refractivity contribution >= 4 is 28.0 Å². The van der Waals surface area contributed by atoms with E-state index >= 15 is 0 Å². The van der Waals surface area contributed by atoms with E-state index in [-0.39, 0.29) is 38.3 Å². The molecule has 0 radical (unpaired) electrons. The van der Waals surface area contributed by atoms with Gasteiger partial charge in [-0.1, -0.05) is 19.3 Å². The second-order valence-corrected chi connectivity index (χ2v) is 9.18. The minimum absolute atomic E-state index is 0.0384. The summed E-state index contributed by atoms with van der Waals surface area (Å²) < 4.78 is 38.1. The van der Waals surface area contributed by atoms with E-state index in [0.717, 1.165) is 28.8 Å². The number of nitriles is 1. The Balaban J connectivity index is 0.000000257. The van der Waals surface area contributed by atoms with E-state index in [9.17, 15) is 18.0 Å². The first-order valence-corrected chi connectivity index (χ1v) is 11.9. The van der Waals surface area contributed by atoms with Crippen LogP contribution in [-0.2, 0) is 11.2 Å². The van der Waals surface area contributed by atoms with E-state index < -0.39 is 12.1 Å². The maximum absolute atomic E-state index is 12.7. The zero-order chi connectivity index (χ0) is 24.1. The standard InChI is InChI=1S/C16H16F3N5O.C8H13N/c17-16(18,19)9-2-5-24(6-3-9)13(25)7-12-22-11-8-21-15-10(1-4-20-15)14(11)23-12;9-7-6-8-4-2-1-3-5-8/h1,4,8-9H,2-3,5-7H2,(H,20,21)(H,22,23);8H,1-6H2. The first-order chi connectivity index (χ1) is 16.3. The third kappa shape index (κ3) is 5.69. The first kappa shape index (κ1) is 24.0. The maximum atomic E-state index is 12.7. The number of alkyl halides is 3. The number of H-pyrrole nitrogens is 2. The van der Waals surface area contributed by atoms with Crippen LogP contribution in [0.4, 0.5) is 13.2 Å². The molecule has 1 saturated carbocycles. The summed E-state index contributed by atoms with van der Waals surface area (Å²) >= 11 is 0. The number of piperidine rings is 1. The maximum Gasteiger partial charge on any atom is 0.391 e. The summed E-state index contributed by atoms with van der Waals surface area (Å²) in [6.45, 7) is 0.264. The quantitative estimate of drug-likeness (QED) is 0.540. The molecule has 3 aromatic rings. The average molecular weight is 475 g/mol. The summed E-state index contributed by atoms with van der Waals surface area (Å²) in [6.07, 6.45) is 6.68. The third-order valence-electron chi connectivity index (χ3n) is 6.82. The van der Waals surface area contributed by atoms with Gasteiger partial charge in [-0.05, 0) is 37.7 Å². The van der Waals surface area contributed by atoms with Crippen LogP contribution < -0.4 is 0 Å². The highest BCUT2D eigenvalue weighted by Crippen LogP contribution is 2.34. The van der Waals surface area contributed by atoms with Gasteiger partial charge in [0.25, 0.3) is 0 Å². The summed E-state index contributed by atoms with van der Waals surface area (Å²) in [5.74, 6) is -0.286. The van der Waals surface area contributed by atoms with Crippen LogP contribution in [0.2, 0.25) is 0 Å². The lowest BCUT2D eigenvalue weighted by molar-refractivity contribution is -0.186. The Morgan fingerprint density at radius 2 is 1.91 bits per heavy atom. The zero-order valence-corrected chi connectivity index (χ0v) is 19.0. The van der Waals surface area contributed by atoms with Gasteiger partial charge in [-0.3, -0.25) is 4.79 Å². The van der Waals surface area contributed by atoms with Crippen LogP contribution in [0, 0.1) is 23.2 Å². The molecule has 1 aliphatic carbocycles. The number of rotatable bonds is 3. The largest absolute Gasteiger partial charge is 0.391 e. The molecule has 182 valence electrons. The number of fused-ring (bicyclic) bond motifs is 3. The van der Waals surface area contributed by atoms with Crippen molar-refractivity contribution in [2.45, 2.75) is 64.0 Å². The average Bonchev–Trinajstić information content (AvgIpc) is 3.46. The molecule has 5 rings (SSSR count). The van der Waals surface area contributed by atoms with Crippen LogP contribution in [0.3, 0.4) is 0 Å². The van der Waals surface area contributed by atoms with Crippen molar-refractivity contribution < 1.29 is 18.0 Å². The van der Waals surface area contributed by atoms with Gasteiger partial charge in [-0.2, -0.15) is 18.4 Å². The number of imidazole rings is 1. The fourth-order valence-corrected chi connectivity index (χ4v) is 4.84. The van der Waals surface area contributed by atoms with Gasteiger partial charge >= 0.3 is 6.18 Å². The minimum Gasteiger partial charge on any atom is -0.346 e. The number of amides is 1. The monoisotopic (exact) mass is 474 g/mol. The minimum atomic E-state index is -4.18. The summed E-state index contributed by atoms with van der Waals surface area (Å²) in [5, 5.41) is 9.23. The van der Waals surface area contributed by atoms with Crippen molar-refractivity contribution in [2.24, 2.45) is 11.8 Å². The van der Waals surface area contributed by atoms with E-state index in [1.54, 1.807) is 12.4 Å². The number of likely N-dealkylation sites (tertiary alicyclic amines) is 1. The van der Waals surface area contributed by atoms with Crippen LogP contribution in [0.5, 0.6) is 0 Å². The molecule has 4 heterocycles. The number of carbonyl (C=O) groups is 1. The number of nitrogens with zero attached hydrogens (tertiary/aromatic N) is 4. The predicted octanol–water partition coefficient (Wildman–Crippen LogP) is 5.26. The van der Waals surface area contributed by atoms with Crippen molar-refractivity contribution in [2.75, 3.05) is 13.1 Å². The summed E-state index contributed by atoms with van der Waals surface area (Å²) in [4.78, 5) is 28.6. The Bertz CT molecular complexity index is 1150. The number of pyridine rings is 1. The molecule has 1 saturated heterocycles. The molecule has 7 nitrogen and oxygen atoms in total. The zero-order valence-electron chi connectivity index (χ0n) is 19.0. The molecule has 0 atom stereocenters.